The molecular formula is C27H26FN3O5. The Kier molecular flexibility index (Phi) is 7.19. The van der Waals surface area contributed by atoms with Crippen molar-refractivity contribution in [3.8, 4) is 11.5 Å². The molecule has 9 heteroatoms. The molecule has 0 spiro atoms. The Morgan fingerprint density at radius 3 is 2.42 bits per heavy atom. The third-order valence-corrected chi connectivity index (χ3v) is 6.09. The van der Waals surface area contributed by atoms with Crippen molar-refractivity contribution in [3.05, 3.63) is 81.9 Å². The summed E-state index contributed by atoms with van der Waals surface area (Å²) in [5, 5.41) is 18.8. The molecule has 0 saturated carbocycles. The monoisotopic (exact) mass is 491 g/mol. The first-order chi connectivity index (χ1) is 17.3. The Morgan fingerprint density at radius 2 is 1.81 bits per heavy atom. The number of carbonyl (C=O) groups excluding carboxylic acids is 1. The number of aromatic nitrogens is 2. The van der Waals surface area contributed by atoms with Crippen molar-refractivity contribution in [2.24, 2.45) is 0 Å². The number of aromatic amines is 1. The predicted molar refractivity (Wildman–Crippen MR) is 133 cm³/mol. The molecule has 36 heavy (non-hydrogen) atoms. The van der Waals surface area contributed by atoms with Crippen LogP contribution in [-0.4, -0.2) is 41.4 Å². The van der Waals surface area contributed by atoms with Gasteiger partial charge in [0.05, 0.1) is 39.3 Å². The number of amides is 1. The van der Waals surface area contributed by atoms with E-state index in [4.69, 9.17) is 9.47 Å². The zero-order valence-electron chi connectivity index (χ0n) is 20.1. The molecule has 0 aliphatic heterocycles. The molecule has 0 unspecified atom stereocenters. The van der Waals surface area contributed by atoms with E-state index in [2.05, 4.69) is 15.5 Å². The average Bonchev–Trinajstić information content (AvgIpc) is 3.46. The van der Waals surface area contributed by atoms with E-state index in [1.807, 2.05) is 13.0 Å². The van der Waals surface area contributed by atoms with Gasteiger partial charge in [-0.05, 0) is 76.7 Å². The summed E-state index contributed by atoms with van der Waals surface area (Å²) in [4.78, 5) is 24.0. The van der Waals surface area contributed by atoms with Crippen molar-refractivity contribution >= 4 is 29.1 Å². The summed E-state index contributed by atoms with van der Waals surface area (Å²) in [5.41, 5.74) is 5.81. The molecule has 8 nitrogen and oxygen atoms in total. The lowest BCUT2D eigenvalue weighted by molar-refractivity contribution is -0.136. The summed E-state index contributed by atoms with van der Waals surface area (Å²) in [5.74, 6) is -0.808. The number of rotatable bonds is 9. The highest BCUT2D eigenvalue weighted by molar-refractivity contribution is 6.08. The zero-order chi connectivity index (χ0) is 25.8. The Labute approximate surface area is 207 Å². The van der Waals surface area contributed by atoms with E-state index in [9.17, 15) is 19.1 Å². The van der Waals surface area contributed by atoms with E-state index < -0.39 is 5.97 Å². The van der Waals surface area contributed by atoms with Gasteiger partial charge in [0, 0.05) is 11.8 Å². The van der Waals surface area contributed by atoms with Gasteiger partial charge in [0.25, 0.3) is 0 Å². The maximum Gasteiger partial charge on any atom is 0.308 e. The number of allylic oxidation sites excluding steroid dienone is 2. The van der Waals surface area contributed by atoms with Gasteiger partial charge in [-0.1, -0.05) is 6.07 Å². The molecule has 1 aliphatic carbocycles. The first kappa shape index (κ1) is 24.7. The van der Waals surface area contributed by atoms with Crippen molar-refractivity contribution in [1.29, 1.82) is 0 Å². The van der Waals surface area contributed by atoms with Gasteiger partial charge in [-0.25, -0.2) is 4.39 Å². The fourth-order valence-corrected chi connectivity index (χ4v) is 4.36. The molecule has 0 radical (unpaired) electrons. The molecule has 0 saturated heterocycles. The third kappa shape index (κ3) is 5.14. The van der Waals surface area contributed by atoms with E-state index in [0.29, 0.717) is 34.7 Å². The third-order valence-electron chi connectivity index (χ3n) is 6.09. The molecular weight excluding hydrogens is 465 g/mol. The van der Waals surface area contributed by atoms with Crippen LogP contribution in [0.1, 0.15) is 41.3 Å². The molecule has 3 aromatic rings. The molecule has 1 aromatic heterocycles. The molecule has 0 bridgehead atoms. The summed E-state index contributed by atoms with van der Waals surface area (Å²) in [6, 6.07) is 9.77. The number of methoxy groups -OCH3 is 2. The van der Waals surface area contributed by atoms with Crippen LogP contribution in [0.15, 0.2) is 48.2 Å². The lowest BCUT2D eigenvalue weighted by Crippen LogP contribution is -2.23. The summed E-state index contributed by atoms with van der Waals surface area (Å²) in [6.45, 7) is 2.21. The van der Waals surface area contributed by atoms with Crippen molar-refractivity contribution in [2.45, 2.75) is 26.3 Å². The number of carboxylic acids is 1. The van der Waals surface area contributed by atoms with Crippen LogP contribution in [0.4, 0.5) is 4.39 Å². The van der Waals surface area contributed by atoms with Crippen LogP contribution < -0.4 is 14.8 Å². The van der Waals surface area contributed by atoms with Crippen LogP contribution in [0.3, 0.4) is 0 Å². The minimum atomic E-state index is -1.00. The first-order valence-electron chi connectivity index (χ1n) is 11.2. The molecule has 0 fully saturated rings. The van der Waals surface area contributed by atoms with Crippen LogP contribution in [-0.2, 0) is 22.6 Å². The maximum atomic E-state index is 14.2. The van der Waals surface area contributed by atoms with Gasteiger partial charge in [-0.15, -0.1) is 0 Å². The predicted octanol–water partition coefficient (Wildman–Crippen LogP) is 4.23. The highest BCUT2D eigenvalue weighted by Crippen LogP contribution is 2.44. The molecule has 2 aromatic carbocycles. The summed E-state index contributed by atoms with van der Waals surface area (Å²) >= 11 is 0. The number of hydrogen-bond acceptors (Lipinski definition) is 5. The van der Waals surface area contributed by atoms with Crippen LogP contribution in [0.25, 0.3) is 17.2 Å². The normalized spacial score (nSPS) is 13.6. The highest BCUT2D eigenvalue weighted by Gasteiger charge is 2.26. The topological polar surface area (TPSA) is 114 Å². The zero-order valence-corrected chi connectivity index (χ0v) is 20.1. The van der Waals surface area contributed by atoms with Gasteiger partial charge in [-0.2, -0.15) is 5.10 Å². The van der Waals surface area contributed by atoms with Crippen LogP contribution in [0.2, 0.25) is 0 Å². The van der Waals surface area contributed by atoms with E-state index in [-0.39, 0.29) is 24.6 Å². The SMILES string of the molecule is COc1cc(C=C2C(C)=C(CC(=O)NCc3ccn[nH]3)c3cc(F)ccc32)cc(OC)c1CC(=O)O. The summed E-state index contributed by atoms with van der Waals surface area (Å²) in [6.07, 6.45) is 3.34. The summed E-state index contributed by atoms with van der Waals surface area (Å²) < 4.78 is 25.1. The number of H-pyrrole nitrogens is 1. The first-order valence-corrected chi connectivity index (χ1v) is 11.2. The number of halogens is 1. The average molecular weight is 492 g/mol. The highest BCUT2D eigenvalue weighted by atomic mass is 19.1. The lowest BCUT2D eigenvalue weighted by Gasteiger charge is -2.14. The van der Waals surface area contributed by atoms with E-state index in [1.54, 1.807) is 30.5 Å². The van der Waals surface area contributed by atoms with E-state index in [1.165, 1.54) is 26.4 Å². The molecule has 1 heterocycles. The Bertz CT molecular complexity index is 1350. The number of hydrogen-bond donors (Lipinski definition) is 3. The minimum Gasteiger partial charge on any atom is -0.496 e. The van der Waals surface area contributed by atoms with Gasteiger partial charge >= 0.3 is 5.97 Å². The number of aliphatic carboxylic acids is 1. The lowest BCUT2D eigenvalue weighted by atomic mass is 9.99. The molecule has 186 valence electrons. The fourth-order valence-electron chi connectivity index (χ4n) is 4.36. The standard InChI is InChI=1S/C27H26FN3O5/c1-15-20(8-16-9-24(35-2)23(13-27(33)34)25(10-16)36-3)19-5-4-17(28)11-22(19)21(15)12-26(32)29-14-18-6-7-30-31-18/h4-11H,12-14H2,1-3H3,(H,29,32)(H,30,31)(H,33,34). The number of nitrogens with one attached hydrogen (secondary N) is 2. The largest absolute Gasteiger partial charge is 0.496 e. The molecule has 1 aliphatic rings. The quantitative estimate of drug-likeness (QED) is 0.413. The number of fused-ring (bicyclic) bond motifs is 1. The van der Waals surface area contributed by atoms with E-state index in [0.717, 1.165) is 28.0 Å². The second-order valence-electron chi connectivity index (χ2n) is 8.36. The summed E-state index contributed by atoms with van der Waals surface area (Å²) in [7, 11) is 2.94. The van der Waals surface area contributed by atoms with Crippen LogP contribution >= 0.6 is 0 Å². The van der Waals surface area contributed by atoms with Gasteiger partial charge in [0.15, 0.2) is 0 Å². The minimum absolute atomic E-state index is 0.0813. The number of ether oxygens (including phenoxy) is 2. The Balaban J connectivity index is 1.71. The van der Waals surface area contributed by atoms with Gasteiger partial charge in [0.1, 0.15) is 17.3 Å². The maximum absolute atomic E-state index is 14.2. The van der Waals surface area contributed by atoms with Crippen molar-refractivity contribution < 1.29 is 28.6 Å². The van der Waals surface area contributed by atoms with E-state index >= 15 is 0 Å². The van der Waals surface area contributed by atoms with Crippen molar-refractivity contribution in [2.75, 3.05) is 14.2 Å². The molecule has 3 N–H and O–H groups in total. The smallest absolute Gasteiger partial charge is 0.308 e. The van der Waals surface area contributed by atoms with Crippen molar-refractivity contribution in [1.82, 2.24) is 15.5 Å². The molecule has 0 atom stereocenters. The van der Waals surface area contributed by atoms with Crippen LogP contribution in [0, 0.1) is 5.82 Å². The Morgan fingerprint density at radius 1 is 1.08 bits per heavy atom. The second kappa shape index (κ2) is 10.5. The fraction of sp³-hybridized carbons (Fsp3) is 0.222. The number of nitrogens with zero attached hydrogens (tertiary/aromatic N) is 1. The number of benzene rings is 2. The van der Waals surface area contributed by atoms with Gasteiger partial charge in [-0.3, -0.25) is 14.7 Å². The van der Waals surface area contributed by atoms with Gasteiger partial charge in [0.2, 0.25) is 5.91 Å². The second-order valence-corrected chi connectivity index (χ2v) is 8.36. The molecule has 1 amide bonds. The van der Waals surface area contributed by atoms with Gasteiger partial charge < -0.3 is 19.9 Å². The number of carbonyl (C=O) groups is 2. The van der Waals surface area contributed by atoms with Crippen molar-refractivity contribution in [3.63, 3.8) is 0 Å². The Hall–Kier alpha value is -4.40. The number of carboxylic acid groups (broad SMARTS) is 1. The van der Waals surface area contributed by atoms with Crippen LogP contribution in [0.5, 0.6) is 11.5 Å². The molecule has 4 rings (SSSR count).